The van der Waals surface area contributed by atoms with Crippen molar-refractivity contribution in [1.29, 1.82) is 0 Å². The third-order valence-electron chi connectivity index (χ3n) is 3.71. The van der Waals surface area contributed by atoms with E-state index in [1.165, 1.54) is 0 Å². The summed E-state index contributed by atoms with van der Waals surface area (Å²) in [5.74, 6) is 0. The number of hydrogen-bond acceptors (Lipinski definition) is 3. The van der Waals surface area contributed by atoms with Gasteiger partial charge in [0.15, 0.2) is 0 Å². The number of benzene rings is 1. The van der Waals surface area contributed by atoms with Crippen LogP contribution in [0.4, 0.5) is 0 Å². The first-order chi connectivity index (χ1) is 10.2. The van der Waals surface area contributed by atoms with E-state index in [0.29, 0.717) is 16.7 Å². The van der Waals surface area contributed by atoms with Crippen LogP contribution in [0.1, 0.15) is 5.69 Å². The maximum Gasteiger partial charge on any atom is 0.286 e. The molecule has 0 saturated carbocycles. The number of nitrogens with one attached hydrogen (secondary N) is 1. The molecule has 0 fully saturated rings. The average molecular weight is 277 g/mol. The Bertz CT molecular complexity index is 1130. The zero-order valence-corrected chi connectivity index (χ0v) is 11.3. The van der Waals surface area contributed by atoms with Crippen LogP contribution in [-0.2, 0) is 0 Å². The molecule has 1 N–H and O–H groups in total. The molecule has 3 aromatic heterocycles. The number of para-hydroxylation sites is 1. The van der Waals surface area contributed by atoms with Gasteiger partial charge in [-0.3, -0.25) is 14.0 Å². The number of aromatic amines is 1. The average Bonchev–Trinajstić information content (AvgIpc) is 2.46. The number of nitrogens with zero attached hydrogens (tertiary/aromatic N) is 2. The van der Waals surface area contributed by atoms with Crippen LogP contribution in [0.15, 0.2) is 52.1 Å². The van der Waals surface area contributed by atoms with Crippen molar-refractivity contribution < 1.29 is 0 Å². The molecule has 102 valence electrons. The van der Waals surface area contributed by atoms with E-state index in [2.05, 4.69) is 9.97 Å². The Balaban J connectivity index is 2.53. The second kappa shape index (κ2) is 4.02. The smallest absolute Gasteiger partial charge is 0.286 e. The van der Waals surface area contributed by atoms with Crippen LogP contribution in [0.3, 0.4) is 0 Å². The Morgan fingerprint density at radius 2 is 1.86 bits per heavy atom. The molecule has 4 aromatic rings. The van der Waals surface area contributed by atoms with Crippen LogP contribution in [0.2, 0.25) is 0 Å². The lowest BCUT2D eigenvalue weighted by Crippen LogP contribution is -2.21. The van der Waals surface area contributed by atoms with Gasteiger partial charge in [0.2, 0.25) is 0 Å². The molecule has 0 spiro atoms. The van der Waals surface area contributed by atoms with E-state index in [4.69, 9.17) is 0 Å². The molecule has 3 heterocycles. The van der Waals surface area contributed by atoms with Gasteiger partial charge in [-0.1, -0.05) is 24.3 Å². The number of aromatic nitrogens is 3. The summed E-state index contributed by atoms with van der Waals surface area (Å²) in [5, 5.41) is 0.927. The Morgan fingerprint density at radius 1 is 1.05 bits per heavy atom. The highest BCUT2D eigenvalue weighted by molar-refractivity contribution is 6.03. The van der Waals surface area contributed by atoms with Gasteiger partial charge >= 0.3 is 0 Å². The highest BCUT2D eigenvalue weighted by Gasteiger charge is 2.13. The lowest BCUT2D eigenvalue weighted by atomic mass is 10.1. The van der Waals surface area contributed by atoms with E-state index < -0.39 is 11.1 Å². The highest BCUT2D eigenvalue weighted by Crippen LogP contribution is 2.20. The minimum atomic E-state index is -0.498. The minimum Gasteiger partial charge on any atom is -0.321 e. The third kappa shape index (κ3) is 1.54. The minimum absolute atomic E-state index is 0.0977. The third-order valence-corrected chi connectivity index (χ3v) is 3.71. The van der Waals surface area contributed by atoms with Crippen LogP contribution in [0.5, 0.6) is 0 Å². The van der Waals surface area contributed by atoms with E-state index in [1.54, 1.807) is 6.07 Å². The van der Waals surface area contributed by atoms with Crippen molar-refractivity contribution in [2.24, 2.45) is 0 Å². The summed E-state index contributed by atoms with van der Waals surface area (Å²) in [6.07, 6.45) is 0. The molecule has 0 aliphatic carbocycles. The number of fused-ring (bicyclic) bond motifs is 5. The molecule has 0 radical (unpaired) electrons. The van der Waals surface area contributed by atoms with Gasteiger partial charge in [0.1, 0.15) is 11.0 Å². The first kappa shape index (κ1) is 11.8. The lowest BCUT2D eigenvalue weighted by molar-refractivity contribution is 1.07. The van der Waals surface area contributed by atoms with Gasteiger partial charge in [0.05, 0.1) is 11.0 Å². The fourth-order valence-electron chi connectivity index (χ4n) is 2.80. The standard InChI is InChI=1S/C16H11N3O2/c1-9-5-4-8-12-18-16(21)13-14(19(9)12)10-6-2-3-7-11(10)17-15(13)20/h2-8H,1H3,(H,17,20). The quantitative estimate of drug-likeness (QED) is 0.500. The summed E-state index contributed by atoms with van der Waals surface area (Å²) < 4.78 is 1.86. The molecular weight excluding hydrogens is 266 g/mol. The van der Waals surface area contributed by atoms with Gasteiger partial charge in [-0.25, -0.2) is 0 Å². The summed E-state index contributed by atoms with van der Waals surface area (Å²) in [5.41, 5.74) is 1.88. The SMILES string of the molecule is Cc1cccc2nc(=O)c3c(=O)[nH]c4ccccc4c3n12. The van der Waals surface area contributed by atoms with Crippen molar-refractivity contribution in [3.05, 3.63) is 68.9 Å². The fraction of sp³-hybridized carbons (Fsp3) is 0.0625. The molecule has 0 aliphatic rings. The van der Waals surface area contributed by atoms with Crippen LogP contribution in [0.25, 0.3) is 27.5 Å². The Kier molecular flexibility index (Phi) is 2.27. The van der Waals surface area contributed by atoms with Gasteiger partial charge in [0, 0.05) is 11.1 Å². The molecule has 0 saturated heterocycles. The van der Waals surface area contributed by atoms with Gasteiger partial charge in [-0.2, -0.15) is 4.98 Å². The van der Waals surface area contributed by atoms with Gasteiger partial charge in [-0.15, -0.1) is 0 Å². The second-order valence-electron chi connectivity index (χ2n) is 5.00. The number of pyridine rings is 2. The molecule has 1 aromatic carbocycles. The zero-order valence-electron chi connectivity index (χ0n) is 11.3. The number of hydrogen-bond donors (Lipinski definition) is 1. The summed E-state index contributed by atoms with van der Waals surface area (Å²) in [6.45, 7) is 1.93. The molecule has 4 rings (SSSR count). The molecule has 21 heavy (non-hydrogen) atoms. The number of aryl methyl sites for hydroxylation is 1. The van der Waals surface area contributed by atoms with Gasteiger partial charge in [0.25, 0.3) is 11.1 Å². The molecular formula is C16H11N3O2. The summed E-state index contributed by atoms with van der Waals surface area (Å²) >= 11 is 0. The normalized spacial score (nSPS) is 11.5. The van der Waals surface area contributed by atoms with Crippen molar-refractivity contribution in [1.82, 2.24) is 14.4 Å². The lowest BCUT2D eigenvalue weighted by Gasteiger charge is -2.10. The Hall–Kier alpha value is -2.95. The molecule has 0 aliphatic heterocycles. The first-order valence-corrected chi connectivity index (χ1v) is 6.60. The second-order valence-corrected chi connectivity index (χ2v) is 5.00. The predicted molar refractivity (Wildman–Crippen MR) is 81.8 cm³/mol. The van der Waals surface area contributed by atoms with Crippen molar-refractivity contribution in [2.45, 2.75) is 6.92 Å². The largest absolute Gasteiger partial charge is 0.321 e. The van der Waals surface area contributed by atoms with Gasteiger partial charge in [-0.05, 0) is 25.1 Å². The van der Waals surface area contributed by atoms with Crippen molar-refractivity contribution in [3.8, 4) is 0 Å². The molecule has 5 heteroatoms. The Labute approximate surface area is 118 Å². The van der Waals surface area contributed by atoms with Crippen LogP contribution in [-0.4, -0.2) is 14.4 Å². The number of H-pyrrole nitrogens is 1. The van der Waals surface area contributed by atoms with Crippen LogP contribution in [0, 0.1) is 6.92 Å². The molecule has 0 bridgehead atoms. The molecule has 0 amide bonds. The van der Waals surface area contributed by atoms with E-state index in [9.17, 15) is 9.59 Å². The highest BCUT2D eigenvalue weighted by atomic mass is 16.1. The summed E-state index contributed by atoms with van der Waals surface area (Å²) in [4.78, 5) is 31.3. The fourth-order valence-corrected chi connectivity index (χ4v) is 2.80. The maximum atomic E-state index is 12.3. The monoisotopic (exact) mass is 277 g/mol. The molecule has 0 atom stereocenters. The maximum absolute atomic E-state index is 12.3. The van der Waals surface area contributed by atoms with E-state index in [-0.39, 0.29) is 5.39 Å². The van der Waals surface area contributed by atoms with Crippen molar-refractivity contribution >= 4 is 27.5 Å². The van der Waals surface area contributed by atoms with E-state index in [0.717, 1.165) is 11.1 Å². The number of rotatable bonds is 0. The molecule has 5 nitrogen and oxygen atoms in total. The van der Waals surface area contributed by atoms with Crippen LogP contribution >= 0.6 is 0 Å². The first-order valence-electron chi connectivity index (χ1n) is 6.60. The topological polar surface area (TPSA) is 67.2 Å². The van der Waals surface area contributed by atoms with Crippen molar-refractivity contribution in [2.75, 3.05) is 0 Å². The van der Waals surface area contributed by atoms with Gasteiger partial charge < -0.3 is 4.98 Å². The van der Waals surface area contributed by atoms with E-state index in [1.807, 2.05) is 47.7 Å². The Morgan fingerprint density at radius 3 is 2.71 bits per heavy atom. The van der Waals surface area contributed by atoms with Crippen LogP contribution < -0.4 is 11.1 Å². The zero-order chi connectivity index (χ0) is 14.6. The van der Waals surface area contributed by atoms with E-state index >= 15 is 0 Å². The molecule has 0 unspecified atom stereocenters. The predicted octanol–water partition coefficient (Wildman–Crippen LogP) is 2.00. The summed E-state index contributed by atoms with van der Waals surface area (Å²) in [7, 11) is 0. The van der Waals surface area contributed by atoms with Crippen molar-refractivity contribution in [3.63, 3.8) is 0 Å². The summed E-state index contributed by atoms with van der Waals surface area (Å²) in [6, 6.07) is 13.0.